The van der Waals surface area contributed by atoms with E-state index in [9.17, 15) is 14.7 Å². The molecule has 0 bridgehead atoms. The van der Waals surface area contributed by atoms with Crippen LogP contribution in [0.1, 0.15) is 103 Å². The van der Waals surface area contributed by atoms with Crippen LogP contribution in [0.5, 0.6) is 0 Å². The summed E-state index contributed by atoms with van der Waals surface area (Å²) in [5.41, 5.74) is 0. The van der Waals surface area contributed by atoms with Gasteiger partial charge in [0.2, 0.25) is 5.91 Å². The highest BCUT2D eigenvalue weighted by Gasteiger charge is 2.31. The first-order valence-corrected chi connectivity index (χ1v) is 10.2. The van der Waals surface area contributed by atoms with Gasteiger partial charge in [0.1, 0.15) is 6.04 Å². The zero-order valence-electron chi connectivity index (χ0n) is 15.6. The number of nitrogens with zero attached hydrogens (tertiary/aromatic N) is 1. The van der Waals surface area contributed by atoms with Crippen molar-refractivity contribution in [3.05, 3.63) is 0 Å². The van der Waals surface area contributed by atoms with E-state index >= 15 is 0 Å². The minimum atomic E-state index is -0.840. The van der Waals surface area contributed by atoms with Gasteiger partial charge in [-0.2, -0.15) is 0 Å². The van der Waals surface area contributed by atoms with Crippen molar-refractivity contribution in [1.82, 2.24) is 4.90 Å². The Labute approximate surface area is 148 Å². The van der Waals surface area contributed by atoms with E-state index in [0.717, 1.165) is 19.3 Å². The van der Waals surface area contributed by atoms with Gasteiger partial charge in [0.25, 0.3) is 0 Å². The molecule has 0 saturated carbocycles. The number of aliphatic carboxylic acids is 1. The third-order valence-electron chi connectivity index (χ3n) is 5.10. The average molecular weight is 340 g/mol. The van der Waals surface area contributed by atoms with Gasteiger partial charge in [-0.3, -0.25) is 4.79 Å². The highest BCUT2D eigenvalue weighted by atomic mass is 16.4. The van der Waals surface area contributed by atoms with Crippen molar-refractivity contribution in [1.29, 1.82) is 0 Å². The quantitative estimate of drug-likeness (QED) is 0.420. The second kappa shape index (κ2) is 13.3. The van der Waals surface area contributed by atoms with Gasteiger partial charge in [-0.15, -0.1) is 0 Å². The minimum absolute atomic E-state index is 0.0151. The molecular formula is C20H37NO3. The molecule has 1 N–H and O–H groups in total. The molecule has 0 aromatic heterocycles. The predicted octanol–water partition coefficient (Wildman–Crippen LogP) is 5.15. The van der Waals surface area contributed by atoms with Gasteiger partial charge in [0, 0.05) is 13.0 Å². The molecule has 0 spiro atoms. The van der Waals surface area contributed by atoms with Gasteiger partial charge in [0.15, 0.2) is 0 Å². The molecule has 1 heterocycles. The van der Waals surface area contributed by atoms with E-state index in [0.29, 0.717) is 19.4 Å². The Morgan fingerprint density at radius 3 is 1.88 bits per heavy atom. The van der Waals surface area contributed by atoms with Crippen molar-refractivity contribution < 1.29 is 14.7 Å². The average Bonchev–Trinajstić information content (AvgIpc) is 2.97. The summed E-state index contributed by atoms with van der Waals surface area (Å²) in [5, 5.41) is 9.33. The Bertz CT molecular complexity index is 357. The Kier molecular flexibility index (Phi) is 11.6. The first-order chi connectivity index (χ1) is 11.7. The molecule has 0 aromatic rings. The third-order valence-corrected chi connectivity index (χ3v) is 5.10. The second-order valence-corrected chi connectivity index (χ2v) is 7.22. The van der Waals surface area contributed by atoms with E-state index in [1.54, 1.807) is 4.90 Å². The van der Waals surface area contributed by atoms with Crippen LogP contribution in [0.3, 0.4) is 0 Å². The maximum atomic E-state index is 11.7. The lowest BCUT2D eigenvalue weighted by molar-refractivity contribution is -0.148. The molecule has 1 saturated heterocycles. The summed E-state index contributed by atoms with van der Waals surface area (Å²) in [4.78, 5) is 24.6. The molecule has 4 nitrogen and oxygen atoms in total. The van der Waals surface area contributed by atoms with E-state index in [-0.39, 0.29) is 5.91 Å². The third kappa shape index (κ3) is 8.70. The molecule has 0 aliphatic carbocycles. The summed E-state index contributed by atoms with van der Waals surface area (Å²) >= 11 is 0. The summed E-state index contributed by atoms with van der Waals surface area (Å²) in [6.07, 6.45) is 17.2. The van der Waals surface area contributed by atoms with Gasteiger partial charge in [-0.05, 0) is 12.8 Å². The van der Waals surface area contributed by atoms with Crippen molar-refractivity contribution in [2.24, 2.45) is 0 Å². The SMILES string of the molecule is CCCCCCCCCCCCCCC(C(=O)O)N1CCCC1=O. The van der Waals surface area contributed by atoms with Gasteiger partial charge < -0.3 is 10.0 Å². The highest BCUT2D eigenvalue weighted by molar-refractivity contribution is 5.84. The van der Waals surface area contributed by atoms with Crippen molar-refractivity contribution >= 4 is 11.9 Å². The van der Waals surface area contributed by atoms with Crippen LogP contribution in [-0.2, 0) is 9.59 Å². The standard InChI is InChI=1S/C20H37NO3/c1-2-3-4-5-6-7-8-9-10-11-12-13-15-18(20(23)24)21-17-14-16-19(21)22/h18H,2-17H2,1H3,(H,23,24). The Balaban J connectivity index is 1.96. The molecule has 140 valence electrons. The number of carbonyl (C=O) groups is 2. The number of amides is 1. The van der Waals surface area contributed by atoms with Crippen LogP contribution in [-0.4, -0.2) is 34.5 Å². The fourth-order valence-corrected chi connectivity index (χ4v) is 3.59. The number of rotatable bonds is 15. The Morgan fingerprint density at radius 1 is 0.958 bits per heavy atom. The van der Waals surface area contributed by atoms with E-state index in [4.69, 9.17) is 0 Å². The van der Waals surface area contributed by atoms with Crippen LogP contribution in [0, 0.1) is 0 Å². The molecule has 24 heavy (non-hydrogen) atoms. The molecule has 1 fully saturated rings. The van der Waals surface area contributed by atoms with Gasteiger partial charge in [-0.25, -0.2) is 4.79 Å². The maximum Gasteiger partial charge on any atom is 0.326 e. The first-order valence-electron chi connectivity index (χ1n) is 10.2. The van der Waals surface area contributed by atoms with Crippen LogP contribution < -0.4 is 0 Å². The molecule has 1 aliphatic rings. The van der Waals surface area contributed by atoms with Crippen LogP contribution in [0.2, 0.25) is 0 Å². The van der Waals surface area contributed by atoms with Crippen molar-refractivity contribution in [3.63, 3.8) is 0 Å². The number of carbonyl (C=O) groups excluding carboxylic acids is 1. The van der Waals surface area contributed by atoms with Gasteiger partial charge >= 0.3 is 5.97 Å². The zero-order chi connectivity index (χ0) is 17.6. The fraction of sp³-hybridized carbons (Fsp3) is 0.900. The predicted molar refractivity (Wildman–Crippen MR) is 98.1 cm³/mol. The van der Waals surface area contributed by atoms with Gasteiger partial charge in [0.05, 0.1) is 0 Å². The summed E-state index contributed by atoms with van der Waals surface area (Å²) in [7, 11) is 0. The largest absolute Gasteiger partial charge is 0.480 e. The number of carboxylic acid groups (broad SMARTS) is 1. The molecule has 0 aromatic carbocycles. The number of hydrogen-bond donors (Lipinski definition) is 1. The Hall–Kier alpha value is -1.06. The van der Waals surface area contributed by atoms with E-state index in [1.807, 2.05) is 0 Å². The smallest absolute Gasteiger partial charge is 0.326 e. The minimum Gasteiger partial charge on any atom is -0.480 e. The first kappa shape index (κ1) is 21.0. The number of likely N-dealkylation sites (tertiary alicyclic amines) is 1. The van der Waals surface area contributed by atoms with Crippen LogP contribution in [0.15, 0.2) is 0 Å². The molecule has 1 unspecified atom stereocenters. The summed E-state index contributed by atoms with van der Waals surface area (Å²) < 4.78 is 0. The van der Waals surface area contributed by atoms with Crippen molar-refractivity contribution in [2.45, 2.75) is 109 Å². The lowest BCUT2D eigenvalue weighted by atomic mass is 10.0. The number of unbranched alkanes of at least 4 members (excludes halogenated alkanes) is 11. The molecule has 0 radical (unpaired) electrons. The second-order valence-electron chi connectivity index (χ2n) is 7.22. The highest BCUT2D eigenvalue weighted by Crippen LogP contribution is 2.19. The summed E-state index contributed by atoms with van der Waals surface area (Å²) in [6.45, 7) is 2.87. The molecule has 1 amide bonds. The van der Waals surface area contributed by atoms with Crippen molar-refractivity contribution in [2.75, 3.05) is 6.54 Å². The number of carboxylic acids is 1. The van der Waals surface area contributed by atoms with E-state index in [1.165, 1.54) is 64.2 Å². The van der Waals surface area contributed by atoms with Crippen molar-refractivity contribution in [3.8, 4) is 0 Å². The molecular weight excluding hydrogens is 302 g/mol. The number of hydrogen-bond acceptors (Lipinski definition) is 2. The topological polar surface area (TPSA) is 57.6 Å². The van der Waals surface area contributed by atoms with Gasteiger partial charge in [-0.1, -0.05) is 84.0 Å². The zero-order valence-corrected chi connectivity index (χ0v) is 15.6. The van der Waals surface area contributed by atoms with E-state index < -0.39 is 12.0 Å². The normalized spacial score (nSPS) is 15.9. The lowest BCUT2D eigenvalue weighted by Crippen LogP contribution is -2.41. The molecule has 1 rings (SSSR count). The molecule has 4 heteroatoms. The monoisotopic (exact) mass is 339 g/mol. The van der Waals surface area contributed by atoms with Crippen LogP contribution >= 0.6 is 0 Å². The molecule has 1 aliphatic heterocycles. The fourth-order valence-electron chi connectivity index (χ4n) is 3.59. The van der Waals surface area contributed by atoms with Crippen LogP contribution in [0.4, 0.5) is 0 Å². The molecule has 1 atom stereocenters. The van der Waals surface area contributed by atoms with Crippen LogP contribution in [0.25, 0.3) is 0 Å². The summed E-state index contributed by atoms with van der Waals surface area (Å²) in [6, 6.07) is -0.594. The maximum absolute atomic E-state index is 11.7. The summed E-state index contributed by atoms with van der Waals surface area (Å²) in [5.74, 6) is -0.824. The van der Waals surface area contributed by atoms with E-state index in [2.05, 4.69) is 6.92 Å². The lowest BCUT2D eigenvalue weighted by Gasteiger charge is -2.24. The Morgan fingerprint density at radius 2 is 1.46 bits per heavy atom.